The molecule has 0 aliphatic carbocycles. The second-order valence-corrected chi connectivity index (χ2v) is 6.49. The van der Waals surface area contributed by atoms with Gasteiger partial charge in [-0.15, -0.1) is 0 Å². The summed E-state index contributed by atoms with van der Waals surface area (Å²) in [6.07, 6.45) is 3.61. The number of fused-ring (bicyclic) bond motifs is 1. The van der Waals surface area contributed by atoms with Crippen molar-refractivity contribution in [2.75, 3.05) is 19.8 Å². The summed E-state index contributed by atoms with van der Waals surface area (Å²) in [5.41, 5.74) is 4.57. The average molecular weight is 398 g/mol. The Balaban J connectivity index is 0.000000817. The quantitative estimate of drug-likeness (QED) is 0.569. The third-order valence-corrected chi connectivity index (χ3v) is 4.41. The van der Waals surface area contributed by atoms with Gasteiger partial charge in [-0.2, -0.15) is 0 Å². The van der Waals surface area contributed by atoms with Gasteiger partial charge in [0.15, 0.2) is 0 Å². The van der Waals surface area contributed by atoms with E-state index in [2.05, 4.69) is 35.5 Å². The van der Waals surface area contributed by atoms with Gasteiger partial charge < -0.3 is 28.6 Å². The number of nitrogens with zero attached hydrogens (tertiary/aromatic N) is 2. The Kier molecular flexibility index (Phi) is 8.60. The van der Waals surface area contributed by atoms with Gasteiger partial charge in [-0.1, -0.05) is 0 Å². The van der Waals surface area contributed by atoms with Crippen LogP contribution < -0.4 is 0 Å². The summed E-state index contributed by atoms with van der Waals surface area (Å²) in [4.78, 5) is 30.1. The van der Waals surface area contributed by atoms with Gasteiger partial charge in [-0.3, -0.25) is 0 Å². The molecule has 2 N–H and O–H groups in total. The molecular formula is C18H27N2O6P. The number of benzene rings is 1. The monoisotopic (exact) mass is 398 g/mol. The molecule has 2 aromatic rings. The summed E-state index contributed by atoms with van der Waals surface area (Å²) in [5, 5.41) is 0. The lowest BCUT2D eigenvalue weighted by molar-refractivity contribution is -0.150. The van der Waals surface area contributed by atoms with Crippen molar-refractivity contribution in [1.29, 1.82) is 0 Å². The maximum absolute atomic E-state index is 11.3. The van der Waals surface area contributed by atoms with Crippen LogP contribution in [0.2, 0.25) is 0 Å². The molecule has 0 radical (unpaired) electrons. The van der Waals surface area contributed by atoms with E-state index in [0.29, 0.717) is 13.2 Å². The van der Waals surface area contributed by atoms with E-state index in [9.17, 15) is 4.79 Å². The van der Waals surface area contributed by atoms with Crippen LogP contribution in [0, 0.1) is 13.8 Å². The van der Waals surface area contributed by atoms with E-state index in [1.807, 2.05) is 6.33 Å². The Morgan fingerprint density at radius 2 is 2.04 bits per heavy atom. The van der Waals surface area contributed by atoms with Gasteiger partial charge in [0.2, 0.25) is 0 Å². The first-order valence-corrected chi connectivity index (χ1v) is 9.75. The molecule has 2 atom stereocenters. The minimum atomic E-state index is -0.917. The third-order valence-electron chi connectivity index (χ3n) is 4.41. The smallest absolute Gasteiger partial charge is 0.332 e. The van der Waals surface area contributed by atoms with Crippen molar-refractivity contribution in [1.82, 2.24) is 9.55 Å². The highest BCUT2D eigenvalue weighted by Crippen LogP contribution is 2.31. The minimum absolute atomic E-state index is 0.00609. The van der Waals surface area contributed by atoms with Gasteiger partial charge >= 0.3 is 5.97 Å². The molecule has 2 heterocycles. The lowest BCUT2D eigenvalue weighted by Gasteiger charge is -2.16. The van der Waals surface area contributed by atoms with Gasteiger partial charge in [0.1, 0.15) is 21.9 Å². The number of ether oxygens (including phenoxy) is 3. The number of hydrogen-bond donors (Lipinski definition) is 2. The number of esters is 1. The van der Waals surface area contributed by atoms with Crippen LogP contribution in [0.3, 0.4) is 0 Å². The van der Waals surface area contributed by atoms with E-state index in [1.165, 1.54) is 11.1 Å². The number of hydrogen-bond acceptors (Lipinski definition) is 7. The number of aryl methyl sites for hydroxylation is 2. The Morgan fingerprint density at radius 1 is 1.33 bits per heavy atom. The SMILES string of the molecule is CCOC(=O)COCC1CCC(n2cnc3cc(C)c(C)cc32)O1.OPO. The lowest BCUT2D eigenvalue weighted by Crippen LogP contribution is -2.20. The second-order valence-electron chi connectivity index (χ2n) is 6.29. The Bertz CT molecular complexity index is 751. The largest absolute Gasteiger partial charge is 0.464 e. The first-order chi connectivity index (χ1) is 13.0. The van der Waals surface area contributed by atoms with Crippen molar-refractivity contribution >= 4 is 26.0 Å². The van der Waals surface area contributed by atoms with E-state index >= 15 is 0 Å². The third kappa shape index (κ3) is 5.96. The van der Waals surface area contributed by atoms with Crippen LogP contribution in [0.5, 0.6) is 0 Å². The summed E-state index contributed by atoms with van der Waals surface area (Å²) >= 11 is 0. The van der Waals surface area contributed by atoms with Crippen LogP contribution in [-0.4, -0.2) is 51.2 Å². The molecular weight excluding hydrogens is 371 g/mol. The molecule has 8 nitrogen and oxygen atoms in total. The fourth-order valence-corrected chi connectivity index (χ4v) is 3.00. The standard InChI is InChI=1S/C18H24N2O4.H3O2P/c1-4-23-18(21)10-22-9-14-5-6-17(24-14)20-11-19-15-7-12(2)13(3)8-16(15)20;1-3-2/h7-8,11,14,17H,4-6,9-10H2,1-3H3;1-3H. The van der Waals surface area contributed by atoms with Crippen molar-refractivity contribution in [3.05, 3.63) is 29.6 Å². The molecule has 27 heavy (non-hydrogen) atoms. The van der Waals surface area contributed by atoms with Crippen LogP contribution in [0.25, 0.3) is 11.0 Å². The molecule has 1 aliphatic heterocycles. The van der Waals surface area contributed by atoms with Crippen LogP contribution >= 0.6 is 9.03 Å². The van der Waals surface area contributed by atoms with E-state index < -0.39 is 9.03 Å². The fraction of sp³-hybridized carbons (Fsp3) is 0.556. The zero-order valence-corrected chi connectivity index (χ0v) is 16.8. The predicted octanol–water partition coefficient (Wildman–Crippen LogP) is 2.39. The molecule has 1 aliphatic rings. The molecule has 3 rings (SSSR count). The maximum atomic E-state index is 11.3. The lowest BCUT2D eigenvalue weighted by atomic mass is 10.1. The van der Waals surface area contributed by atoms with Gasteiger partial charge in [-0.25, -0.2) is 9.78 Å². The second kappa shape index (κ2) is 10.7. The normalized spacial score (nSPS) is 19.0. The molecule has 0 spiro atoms. The van der Waals surface area contributed by atoms with Crippen LogP contribution in [0.1, 0.15) is 37.1 Å². The molecule has 1 fully saturated rings. The summed E-state index contributed by atoms with van der Waals surface area (Å²) in [6.45, 7) is 6.73. The number of rotatable bonds is 6. The topological polar surface area (TPSA) is 103 Å². The van der Waals surface area contributed by atoms with Crippen molar-refractivity contribution in [3.8, 4) is 0 Å². The molecule has 1 aromatic carbocycles. The van der Waals surface area contributed by atoms with Crippen molar-refractivity contribution < 1.29 is 28.8 Å². The summed E-state index contributed by atoms with van der Waals surface area (Å²) in [6, 6.07) is 4.27. The molecule has 1 saturated heterocycles. The number of carbonyl (C=O) groups is 1. The van der Waals surface area contributed by atoms with Crippen molar-refractivity contribution in [2.24, 2.45) is 0 Å². The summed E-state index contributed by atoms with van der Waals surface area (Å²) in [7, 11) is -0.917. The molecule has 9 heteroatoms. The fourth-order valence-electron chi connectivity index (χ4n) is 3.00. The molecule has 150 valence electrons. The molecule has 0 saturated carbocycles. The van der Waals surface area contributed by atoms with Crippen LogP contribution in [-0.2, 0) is 19.0 Å². The van der Waals surface area contributed by atoms with E-state index in [1.54, 1.807) is 6.92 Å². The zero-order valence-electron chi connectivity index (χ0n) is 15.8. The molecule has 0 amide bonds. The van der Waals surface area contributed by atoms with Crippen LogP contribution in [0.4, 0.5) is 0 Å². The molecule has 0 bridgehead atoms. The number of carbonyl (C=O) groups excluding carboxylic acids is 1. The number of imidazole rings is 1. The van der Waals surface area contributed by atoms with Crippen molar-refractivity contribution in [3.63, 3.8) is 0 Å². The highest BCUT2D eigenvalue weighted by molar-refractivity contribution is 7.23. The maximum Gasteiger partial charge on any atom is 0.332 e. The van der Waals surface area contributed by atoms with E-state index in [4.69, 9.17) is 24.0 Å². The first-order valence-electron chi connectivity index (χ1n) is 8.85. The van der Waals surface area contributed by atoms with Gasteiger partial charge in [0.05, 0.1) is 36.7 Å². The van der Waals surface area contributed by atoms with Crippen molar-refractivity contribution in [2.45, 2.75) is 45.9 Å². The Morgan fingerprint density at radius 3 is 2.74 bits per heavy atom. The summed E-state index contributed by atoms with van der Waals surface area (Å²) < 4.78 is 18.4. The molecule has 1 aromatic heterocycles. The minimum Gasteiger partial charge on any atom is -0.464 e. The Labute approximate surface area is 160 Å². The zero-order chi connectivity index (χ0) is 19.8. The van der Waals surface area contributed by atoms with Crippen LogP contribution in [0.15, 0.2) is 18.5 Å². The average Bonchev–Trinajstić information content (AvgIpc) is 3.23. The van der Waals surface area contributed by atoms with Gasteiger partial charge in [0.25, 0.3) is 0 Å². The van der Waals surface area contributed by atoms with E-state index in [-0.39, 0.29) is 24.9 Å². The predicted molar refractivity (Wildman–Crippen MR) is 103 cm³/mol. The highest BCUT2D eigenvalue weighted by Gasteiger charge is 2.28. The number of aromatic nitrogens is 2. The van der Waals surface area contributed by atoms with Gasteiger partial charge in [-0.05, 0) is 56.9 Å². The first kappa shape index (κ1) is 21.7. The Hall–Kier alpha value is -1.57. The highest BCUT2D eigenvalue weighted by atomic mass is 31.1. The summed E-state index contributed by atoms with van der Waals surface area (Å²) in [5.74, 6) is -0.335. The van der Waals surface area contributed by atoms with E-state index in [0.717, 1.165) is 23.9 Å². The molecule has 2 unspecified atom stereocenters. The van der Waals surface area contributed by atoms with Gasteiger partial charge in [0, 0.05) is 0 Å².